The largest absolute Gasteiger partial charge is 0.471 e. The van der Waals surface area contributed by atoms with Gasteiger partial charge in [0.25, 0.3) is 5.91 Å². The van der Waals surface area contributed by atoms with E-state index in [9.17, 15) is 22.8 Å². The topological polar surface area (TPSA) is 58.2 Å². The smallest absolute Gasteiger partial charge is 0.355 e. The zero-order chi connectivity index (χ0) is 13.9. The van der Waals surface area contributed by atoms with E-state index in [1.165, 1.54) is 25.2 Å². The third-order valence-electron chi connectivity index (χ3n) is 1.96. The number of hydrogen-bond donors (Lipinski definition) is 2. The normalized spacial score (nSPS) is 10.9. The van der Waals surface area contributed by atoms with E-state index in [1.54, 1.807) is 5.32 Å². The minimum atomic E-state index is -5.00. The van der Waals surface area contributed by atoms with Crippen molar-refractivity contribution in [3.63, 3.8) is 0 Å². The van der Waals surface area contributed by atoms with Crippen molar-refractivity contribution in [3.8, 4) is 0 Å². The Balaban J connectivity index is 3.09. The molecule has 1 aromatic carbocycles. The molecule has 18 heavy (non-hydrogen) atoms. The lowest BCUT2D eigenvalue weighted by Gasteiger charge is -2.12. The van der Waals surface area contributed by atoms with Crippen molar-refractivity contribution in [1.82, 2.24) is 5.32 Å². The van der Waals surface area contributed by atoms with Gasteiger partial charge in [-0.05, 0) is 40.8 Å². The van der Waals surface area contributed by atoms with Crippen molar-refractivity contribution in [2.75, 3.05) is 12.4 Å². The Hall–Kier alpha value is -1.32. The zero-order valence-corrected chi connectivity index (χ0v) is 11.2. The second-order valence-electron chi connectivity index (χ2n) is 3.22. The number of carbonyl (C=O) groups excluding carboxylic acids is 2. The molecule has 0 heterocycles. The first-order valence-electron chi connectivity index (χ1n) is 4.65. The molecule has 2 amide bonds. The van der Waals surface area contributed by atoms with Crippen LogP contribution in [0.4, 0.5) is 18.9 Å². The van der Waals surface area contributed by atoms with Gasteiger partial charge in [0.15, 0.2) is 0 Å². The van der Waals surface area contributed by atoms with Gasteiger partial charge in [0.1, 0.15) is 0 Å². The van der Waals surface area contributed by atoms with Crippen LogP contribution in [0.5, 0.6) is 0 Å². The summed E-state index contributed by atoms with van der Waals surface area (Å²) in [6.07, 6.45) is -5.00. The van der Waals surface area contributed by atoms with Gasteiger partial charge in [0.05, 0.1) is 11.3 Å². The van der Waals surface area contributed by atoms with Crippen molar-refractivity contribution in [3.05, 3.63) is 27.3 Å². The number of alkyl halides is 3. The van der Waals surface area contributed by atoms with Gasteiger partial charge in [0, 0.05) is 10.6 Å². The number of anilines is 1. The molecule has 8 heteroatoms. The molecule has 0 radical (unpaired) electrons. The predicted molar refractivity (Wildman–Crippen MR) is 67.2 cm³/mol. The van der Waals surface area contributed by atoms with Gasteiger partial charge in [0.2, 0.25) is 0 Å². The molecule has 0 saturated heterocycles. The van der Waals surface area contributed by atoms with E-state index in [2.05, 4.69) is 5.32 Å². The molecule has 0 aliphatic rings. The van der Waals surface area contributed by atoms with Crippen LogP contribution < -0.4 is 10.6 Å². The standard InChI is InChI=1S/C10H8F3IN2O2/c1-15-8(17)6-4-5(14)2-3-7(6)16-9(18)10(11,12)13/h2-4H,1H3,(H,15,17)(H,16,18). The number of rotatable bonds is 2. The molecule has 0 aliphatic carbocycles. The zero-order valence-electron chi connectivity index (χ0n) is 9.06. The third kappa shape index (κ3) is 3.59. The van der Waals surface area contributed by atoms with Crippen LogP contribution in [0, 0.1) is 3.57 Å². The lowest BCUT2D eigenvalue weighted by atomic mass is 10.1. The highest BCUT2D eigenvalue weighted by Gasteiger charge is 2.39. The number of amides is 2. The highest BCUT2D eigenvalue weighted by molar-refractivity contribution is 14.1. The van der Waals surface area contributed by atoms with Gasteiger partial charge in [-0.1, -0.05) is 0 Å². The van der Waals surface area contributed by atoms with Gasteiger partial charge in [-0.25, -0.2) is 0 Å². The van der Waals surface area contributed by atoms with E-state index in [0.717, 1.165) is 0 Å². The highest BCUT2D eigenvalue weighted by Crippen LogP contribution is 2.22. The average molecular weight is 372 g/mol. The van der Waals surface area contributed by atoms with Gasteiger partial charge in [-0.15, -0.1) is 0 Å². The number of hydrogen-bond acceptors (Lipinski definition) is 2. The van der Waals surface area contributed by atoms with Crippen LogP contribution in [0.25, 0.3) is 0 Å². The van der Waals surface area contributed by atoms with Crippen LogP contribution in [-0.4, -0.2) is 25.0 Å². The van der Waals surface area contributed by atoms with Gasteiger partial charge < -0.3 is 10.6 Å². The lowest BCUT2D eigenvalue weighted by molar-refractivity contribution is -0.167. The first-order valence-corrected chi connectivity index (χ1v) is 5.73. The van der Waals surface area contributed by atoms with Crippen LogP contribution in [0.15, 0.2) is 18.2 Å². The average Bonchev–Trinajstić information content (AvgIpc) is 2.29. The number of halogens is 4. The summed E-state index contributed by atoms with van der Waals surface area (Å²) in [5, 5.41) is 3.95. The molecule has 1 rings (SSSR count). The van der Waals surface area contributed by atoms with E-state index in [4.69, 9.17) is 0 Å². The Bertz CT molecular complexity index is 489. The van der Waals surface area contributed by atoms with E-state index in [0.29, 0.717) is 3.57 Å². The fourth-order valence-electron chi connectivity index (χ4n) is 1.14. The van der Waals surface area contributed by atoms with Crippen molar-refractivity contribution in [2.24, 2.45) is 0 Å². The van der Waals surface area contributed by atoms with E-state index < -0.39 is 18.0 Å². The molecule has 0 aromatic heterocycles. The molecule has 0 aliphatic heterocycles. The molecule has 0 saturated carbocycles. The highest BCUT2D eigenvalue weighted by atomic mass is 127. The summed E-state index contributed by atoms with van der Waals surface area (Å²) in [5.74, 6) is -2.69. The lowest BCUT2D eigenvalue weighted by Crippen LogP contribution is -2.31. The fraction of sp³-hybridized carbons (Fsp3) is 0.200. The molecule has 1 aromatic rings. The maximum Gasteiger partial charge on any atom is 0.471 e. The SMILES string of the molecule is CNC(=O)c1cc(I)ccc1NC(=O)C(F)(F)F. The van der Waals surface area contributed by atoms with E-state index in [1.807, 2.05) is 22.6 Å². The summed E-state index contributed by atoms with van der Waals surface area (Å²) >= 11 is 1.91. The molecule has 98 valence electrons. The second kappa shape index (κ2) is 5.55. The van der Waals surface area contributed by atoms with Crippen LogP contribution >= 0.6 is 22.6 Å². The Morgan fingerprint density at radius 1 is 1.28 bits per heavy atom. The summed E-state index contributed by atoms with van der Waals surface area (Å²) in [4.78, 5) is 22.3. The maximum absolute atomic E-state index is 12.1. The van der Waals surface area contributed by atoms with Crippen LogP contribution in [0.1, 0.15) is 10.4 Å². The summed E-state index contributed by atoms with van der Waals surface area (Å²) in [6, 6.07) is 4.11. The van der Waals surface area contributed by atoms with Crippen LogP contribution in [0.2, 0.25) is 0 Å². The second-order valence-corrected chi connectivity index (χ2v) is 4.47. The molecule has 2 N–H and O–H groups in total. The molecule has 0 bridgehead atoms. The predicted octanol–water partition coefficient (Wildman–Crippen LogP) is 2.15. The fourth-order valence-corrected chi connectivity index (χ4v) is 1.63. The molecule has 0 unspecified atom stereocenters. The summed E-state index contributed by atoms with van der Waals surface area (Å²) < 4.78 is 37.0. The number of nitrogens with one attached hydrogen (secondary N) is 2. The van der Waals surface area contributed by atoms with Crippen molar-refractivity contribution < 1.29 is 22.8 Å². The Labute approximate surface area is 114 Å². The molecular weight excluding hydrogens is 364 g/mol. The van der Waals surface area contributed by atoms with E-state index in [-0.39, 0.29) is 11.3 Å². The first-order chi connectivity index (χ1) is 8.25. The van der Waals surface area contributed by atoms with Crippen LogP contribution in [0.3, 0.4) is 0 Å². The Kier molecular flexibility index (Phi) is 4.54. The Morgan fingerprint density at radius 3 is 2.39 bits per heavy atom. The molecule has 0 fully saturated rings. The third-order valence-corrected chi connectivity index (χ3v) is 2.63. The van der Waals surface area contributed by atoms with Gasteiger partial charge in [-0.2, -0.15) is 13.2 Å². The monoisotopic (exact) mass is 372 g/mol. The molecule has 0 atom stereocenters. The maximum atomic E-state index is 12.1. The summed E-state index contributed by atoms with van der Waals surface area (Å²) in [5.41, 5.74) is -0.209. The molecular formula is C10H8F3IN2O2. The summed E-state index contributed by atoms with van der Waals surface area (Å²) in [7, 11) is 1.34. The summed E-state index contributed by atoms with van der Waals surface area (Å²) in [6.45, 7) is 0. The first kappa shape index (κ1) is 14.7. The number of carbonyl (C=O) groups is 2. The molecule has 4 nitrogen and oxygen atoms in total. The Morgan fingerprint density at radius 2 is 1.89 bits per heavy atom. The van der Waals surface area contributed by atoms with Crippen LogP contribution in [-0.2, 0) is 4.79 Å². The van der Waals surface area contributed by atoms with Crippen molar-refractivity contribution in [2.45, 2.75) is 6.18 Å². The van der Waals surface area contributed by atoms with Gasteiger partial charge >= 0.3 is 12.1 Å². The minimum absolute atomic E-state index is 0.0259. The minimum Gasteiger partial charge on any atom is -0.355 e. The van der Waals surface area contributed by atoms with Crippen molar-refractivity contribution in [1.29, 1.82) is 0 Å². The van der Waals surface area contributed by atoms with Crippen molar-refractivity contribution >= 4 is 40.1 Å². The molecule has 0 spiro atoms. The van der Waals surface area contributed by atoms with E-state index >= 15 is 0 Å². The number of benzene rings is 1. The van der Waals surface area contributed by atoms with Gasteiger partial charge in [-0.3, -0.25) is 9.59 Å². The quantitative estimate of drug-likeness (QED) is 0.782.